The first kappa shape index (κ1) is 13.4. The van der Waals surface area contributed by atoms with Crippen LogP contribution in [0.3, 0.4) is 0 Å². The Morgan fingerprint density at radius 1 is 1.22 bits per heavy atom. The van der Waals surface area contributed by atoms with Crippen LogP contribution in [-0.4, -0.2) is 11.5 Å². The van der Waals surface area contributed by atoms with Crippen molar-refractivity contribution in [1.29, 1.82) is 0 Å². The molecule has 0 N–H and O–H groups in total. The van der Waals surface area contributed by atoms with Gasteiger partial charge in [-0.2, -0.15) is 0 Å². The lowest BCUT2D eigenvalue weighted by atomic mass is 10.1. The number of carbonyl (C=O) groups excluding carboxylic acids is 1. The van der Waals surface area contributed by atoms with Crippen LogP contribution in [0.15, 0.2) is 46.0 Å². The topological polar surface area (TPSA) is 17.1 Å². The molecule has 0 saturated carbocycles. The zero-order chi connectivity index (χ0) is 12.8. The number of Topliss-reactive ketones (excluding diaryl/α,β-unsaturated/α-hetero) is 1. The summed E-state index contributed by atoms with van der Waals surface area (Å²) < 4.78 is 1.20. The van der Waals surface area contributed by atoms with Gasteiger partial charge in [0, 0.05) is 5.56 Å². The van der Waals surface area contributed by atoms with E-state index in [0.29, 0.717) is 5.75 Å². The Balaban J connectivity index is 1.92. The minimum Gasteiger partial charge on any atom is -0.293 e. The van der Waals surface area contributed by atoms with E-state index in [0.717, 1.165) is 18.4 Å². The van der Waals surface area contributed by atoms with Gasteiger partial charge in [0.05, 0.1) is 9.96 Å². The van der Waals surface area contributed by atoms with Gasteiger partial charge in [-0.3, -0.25) is 4.79 Å². The summed E-state index contributed by atoms with van der Waals surface area (Å²) >= 11 is 3.29. The number of thiophene rings is 1. The summed E-state index contributed by atoms with van der Waals surface area (Å²) in [5.41, 5.74) is 2.12. The average molecular weight is 276 g/mol. The van der Waals surface area contributed by atoms with Gasteiger partial charge in [0.15, 0.2) is 5.78 Å². The summed E-state index contributed by atoms with van der Waals surface area (Å²) in [6, 6.07) is 12.1. The number of rotatable bonds is 6. The third-order valence-electron chi connectivity index (χ3n) is 2.66. The average Bonchev–Trinajstić information content (AvgIpc) is 2.90. The fourth-order valence-electron chi connectivity index (χ4n) is 1.71. The first-order valence-corrected chi connectivity index (χ1v) is 7.94. The quantitative estimate of drug-likeness (QED) is 0.563. The molecule has 1 heterocycles. The van der Waals surface area contributed by atoms with Crippen molar-refractivity contribution in [3.63, 3.8) is 0 Å². The van der Waals surface area contributed by atoms with E-state index in [9.17, 15) is 4.79 Å². The summed E-state index contributed by atoms with van der Waals surface area (Å²) in [6.45, 7) is 2.16. The van der Waals surface area contributed by atoms with Crippen LogP contribution in [0.5, 0.6) is 0 Å². The second-order valence-corrected chi connectivity index (χ2v) is 6.31. The fourth-order valence-corrected chi connectivity index (χ4v) is 3.39. The highest BCUT2D eigenvalue weighted by molar-refractivity contribution is 8.01. The highest BCUT2D eigenvalue weighted by Gasteiger charge is 2.06. The molecule has 0 amide bonds. The zero-order valence-electron chi connectivity index (χ0n) is 10.4. The van der Waals surface area contributed by atoms with Crippen LogP contribution in [0.1, 0.15) is 29.3 Å². The van der Waals surface area contributed by atoms with E-state index in [-0.39, 0.29) is 5.78 Å². The SMILES string of the molecule is CCCc1ccc(C(=O)CSc2cccs2)cc1. The molecular weight excluding hydrogens is 260 g/mol. The zero-order valence-corrected chi connectivity index (χ0v) is 12.0. The lowest BCUT2D eigenvalue weighted by Crippen LogP contribution is -2.02. The molecule has 0 radical (unpaired) electrons. The van der Waals surface area contributed by atoms with Crippen LogP contribution in [0, 0.1) is 0 Å². The van der Waals surface area contributed by atoms with Crippen LogP contribution in [0.25, 0.3) is 0 Å². The Bertz CT molecular complexity index is 486. The molecule has 3 heteroatoms. The Labute approximate surface area is 116 Å². The van der Waals surface area contributed by atoms with Crippen LogP contribution >= 0.6 is 23.1 Å². The summed E-state index contributed by atoms with van der Waals surface area (Å²) in [5, 5.41) is 2.03. The summed E-state index contributed by atoms with van der Waals surface area (Å²) in [5.74, 6) is 0.727. The van der Waals surface area contributed by atoms with Crippen LogP contribution in [0.4, 0.5) is 0 Å². The van der Waals surface area contributed by atoms with E-state index < -0.39 is 0 Å². The van der Waals surface area contributed by atoms with Crippen molar-refractivity contribution in [2.24, 2.45) is 0 Å². The molecule has 0 unspecified atom stereocenters. The van der Waals surface area contributed by atoms with E-state index in [1.54, 1.807) is 23.1 Å². The van der Waals surface area contributed by atoms with Crippen LogP contribution in [0.2, 0.25) is 0 Å². The first-order chi connectivity index (χ1) is 8.79. The van der Waals surface area contributed by atoms with Crippen molar-refractivity contribution in [3.05, 3.63) is 52.9 Å². The lowest BCUT2D eigenvalue weighted by molar-refractivity contribution is 0.102. The molecule has 2 rings (SSSR count). The molecular formula is C15H16OS2. The Morgan fingerprint density at radius 2 is 2.00 bits per heavy atom. The monoisotopic (exact) mass is 276 g/mol. The normalized spacial score (nSPS) is 10.5. The van der Waals surface area contributed by atoms with E-state index in [1.165, 1.54) is 9.77 Å². The molecule has 1 nitrogen and oxygen atoms in total. The van der Waals surface area contributed by atoms with Crippen molar-refractivity contribution < 1.29 is 4.79 Å². The third-order valence-corrected chi connectivity index (χ3v) is 4.79. The van der Waals surface area contributed by atoms with Crippen LogP contribution in [-0.2, 0) is 6.42 Å². The predicted octanol–water partition coefficient (Wildman–Crippen LogP) is 4.68. The molecule has 94 valence electrons. The summed E-state index contributed by atoms with van der Waals surface area (Å²) in [6.07, 6.45) is 2.22. The van der Waals surface area contributed by atoms with Gasteiger partial charge in [0.1, 0.15) is 0 Å². The molecule has 2 aromatic rings. The lowest BCUT2D eigenvalue weighted by Gasteiger charge is -2.02. The standard InChI is InChI=1S/C15H16OS2/c1-2-4-12-6-8-13(9-7-12)14(16)11-18-15-5-3-10-17-15/h3,5-10H,2,4,11H2,1H3. The molecule has 1 aromatic heterocycles. The molecule has 0 saturated heterocycles. The fraction of sp³-hybridized carbons (Fsp3) is 0.267. The van der Waals surface area contributed by atoms with Gasteiger partial charge in [-0.05, 0) is 23.4 Å². The maximum atomic E-state index is 12.0. The Kier molecular flexibility index (Phi) is 5.02. The molecule has 18 heavy (non-hydrogen) atoms. The number of thioether (sulfide) groups is 1. The van der Waals surface area contributed by atoms with E-state index >= 15 is 0 Å². The van der Waals surface area contributed by atoms with Crippen molar-refractivity contribution in [3.8, 4) is 0 Å². The number of aryl methyl sites for hydroxylation is 1. The van der Waals surface area contributed by atoms with Gasteiger partial charge >= 0.3 is 0 Å². The Hall–Kier alpha value is -1.06. The molecule has 1 aromatic carbocycles. The van der Waals surface area contributed by atoms with Gasteiger partial charge in [-0.1, -0.05) is 43.7 Å². The van der Waals surface area contributed by atoms with Gasteiger partial charge < -0.3 is 0 Å². The second kappa shape index (κ2) is 6.76. The molecule has 0 fully saturated rings. The molecule has 0 atom stereocenters. The number of benzene rings is 1. The minimum absolute atomic E-state index is 0.205. The number of carbonyl (C=O) groups is 1. The summed E-state index contributed by atoms with van der Waals surface area (Å²) in [7, 11) is 0. The minimum atomic E-state index is 0.205. The van der Waals surface area contributed by atoms with Crippen molar-refractivity contribution in [2.45, 2.75) is 24.0 Å². The highest BCUT2D eigenvalue weighted by atomic mass is 32.2. The first-order valence-electron chi connectivity index (χ1n) is 6.08. The molecule has 0 aliphatic carbocycles. The van der Waals surface area contributed by atoms with E-state index in [2.05, 4.69) is 19.1 Å². The highest BCUT2D eigenvalue weighted by Crippen LogP contribution is 2.24. The molecule has 0 spiro atoms. The second-order valence-electron chi connectivity index (χ2n) is 4.09. The van der Waals surface area contributed by atoms with E-state index in [4.69, 9.17) is 0 Å². The number of ketones is 1. The molecule has 0 aliphatic heterocycles. The van der Waals surface area contributed by atoms with E-state index in [1.807, 2.05) is 29.6 Å². The van der Waals surface area contributed by atoms with Crippen molar-refractivity contribution in [1.82, 2.24) is 0 Å². The number of hydrogen-bond acceptors (Lipinski definition) is 3. The largest absolute Gasteiger partial charge is 0.293 e. The van der Waals surface area contributed by atoms with Gasteiger partial charge in [0.25, 0.3) is 0 Å². The van der Waals surface area contributed by atoms with Gasteiger partial charge in [-0.15, -0.1) is 23.1 Å². The van der Waals surface area contributed by atoms with Gasteiger partial charge in [-0.25, -0.2) is 0 Å². The maximum Gasteiger partial charge on any atom is 0.173 e. The van der Waals surface area contributed by atoms with Crippen LogP contribution < -0.4 is 0 Å². The molecule has 0 bridgehead atoms. The summed E-state index contributed by atoms with van der Waals surface area (Å²) in [4.78, 5) is 12.0. The van der Waals surface area contributed by atoms with Gasteiger partial charge in [0.2, 0.25) is 0 Å². The van der Waals surface area contributed by atoms with Crippen molar-refractivity contribution >= 4 is 28.9 Å². The third kappa shape index (κ3) is 3.72. The van der Waals surface area contributed by atoms with Crippen molar-refractivity contribution in [2.75, 3.05) is 5.75 Å². The Morgan fingerprint density at radius 3 is 2.61 bits per heavy atom. The molecule has 0 aliphatic rings. The smallest absolute Gasteiger partial charge is 0.173 e. The number of hydrogen-bond donors (Lipinski definition) is 0. The maximum absolute atomic E-state index is 12.0. The predicted molar refractivity (Wildman–Crippen MR) is 79.8 cm³/mol.